The molecule has 0 aliphatic rings. The second-order valence-electron chi connectivity index (χ2n) is 29.1. The van der Waals surface area contributed by atoms with Crippen molar-refractivity contribution in [3.8, 4) is 0 Å². The van der Waals surface area contributed by atoms with Gasteiger partial charge >= 0.3 is 17.9 Å². The lowest BCUT2D eigenvalue weighted by Gasteiger charge is -2.25. The van der Waals surface area contributed by atoms with E-state index in [1.165, 1.54) is 205 Å². The van der Waals surface area contributed by atoms with Crippen LogP contribution >= 0.6 is 0 Å². The molecule has 0 saturated heterocycles. The second-order valence-corrected chi connectivity index (χ2v) is 29.1. The molecule has 2 atom stereocenters. The van der Waals surface area contributed by atoms with Crippen LogP contribution in [-0.4, -0.2) is 87.4 Å². The van der Waals surface area contributed by atoms with Crippen molar-refractivity contribution in [2.24, 2.45) is 0 Å². The fourth-order valence-electron chi connectivity index (χ4n) is 11.7. The van der Waals surface area contributed by atoms with E-state index in [2.05, 4.69) is 160 Å². The number of hydrogen-bond acceptors (Lipinski definition) is 7. The number of carbonyl (C=O) groups is 3. The Bertz CT molecular complexity index is 2180. The Kier molecular flexibility index (Phi) is 77.0. The smallest absolute Gasteiger partial charge is 0.361 e. The molecule has 0 rings (SSSR count). The lowest BCUT2D eigenvalue weighted by molar-refractivity contribution is -0.870. The number of aliphatic carboxylic acids is 1. The maximum absolute atomic E-state index is 13.0. The number of carboxylic acids is 1. The fraction of sp³-hybridized carbons (Fsp3) is 0.707. The Balaban J connectivity index is 4.08. The summed E-state index contributed by atoms with van der Waals surface area (Å²) in [6, 6.07) is 0. The first kappa shape index (κ1) is 96.2. The Morgan fingerprint density at radius 3 is 0.851 bits per heavy atom. The number of ether oxygens (including phenoxy) is 4. The molecule has 0 fully saturated rings. The molecule has 0 spiro atoms. The zero-order valence-electron chi connectivity index (χ0n) is 66.3. The van der Waals surface area contributed by atoms with Crippen molar-refractivity contribution >= 4 is 17.9 Å². The number of likely N-dealkylation sites (N-methyl/N-ethyl adjacent to an activating group) is 1. The van der Waals surface area contributed by atoms with Crippen molar-refractivity contribution in [1.82, 2.24) is 0 Å². The van der Waals surface area contributed by atoms with Gasteiger partial charge in [-0.05, 0) is 122 Å². The summed E-state index contributed by atoms with van der Waals surface area (Å²) >= 11 is 0. The van der Waals surface area contributed by atoms with Crippen LogP contribution in [0.25, 0.3) is 0 Å². The number of esters is 2. The van der Waals surface area contributed by atoms with E-state index in [1.807, 2.05) is 21.1 Å². The average Bonchev–Trinajstić information content (AvgIpc) is 1.21. The van der Waals surface area contributed by atoms with Crippen molar-refractivity contribution in [3.05, 3.63) is 146 Å². The first-order valence-electron chi connectivity index (χ1n) is 42.0. The van der Waals surface area contributed by atoms with Crippen LogP contribution in [0.1, 0.15) is 361 Å². The van der Waals surface area contributed by atoms with Gasteiger partial charge in [-0.1, -0.05) is 372 Å². The van der Waals surface area contributed by atoms with E-state index >= 15 is 0 Å². The zero-order valence-corrected chi connectivity index (χ0v) is 66.3. The van der Waals surface area contributed by atoms with E-state index in [-0.39, 0.29) is 32.2 Å². The van der Waals surface area contributed by atoms with Crippen LogP contribution in [0, 0.1) is 0 Å². The molecule has 0 aromatic rings. The quantitative estimate of drug-likeness (QED) is 0.0211. The minimum absolute atomic E-state index is 0.178. The third kappa shape index (κ3) is 82.3. The molecule has 0 aliphatic carbocycles. The van der Waals surface area contributed by atoms with Crippen molar-refractivity contribution < 1.29 is 42.9 Å². The summed E-state index contributed by atoms with van der Waals surface area (Å²) in [6.45, 7) is 4.77. The van der Waals surface area contributed by atoms with E-state index in [9.17, 15) is 19.5 Å². The summed E-state index contributed by atoms with van der Waals surface area (Å²) in [5.74, 6) is -2.03. The van der Waals surface area contributed by atoms with Crippen LogP contribution < -0.4 is 0 Å². The van der Waals surface area contributed by atoms with Crippen molar-refractivity contribution in [1.29, 1.82) is 0 Å². The highest BCUT2D eigenvalue weighted by Gasteiger charge is 2.25. The first-order chi connectivity index (χ1) is 49.6. The number of rotatable bonds is 77. The molecule has 0 radical (unpaired) electrons. The highest BCUT2D eigenvalue weighted by atomic mass is 16.7. The van der Waals surface area contributed by atoms with Gasteiger partial charge in [0.2, 0.25) is 0 Å². The Labute approximate surface area is 623 Å². The standard InChI is InChI=1S/C92H157NO8/c1-6-8-10-12-14-16-18-20-22-24-26-28-30-32-34-36-38-40-42-44-45-47-49-51-53-55-57-59-61-63-65-67-69-71-73-75-77-79-81-83-90(95)101-88(87-100-92(91(96)97)98-85-84-93(3,4)5)86-99-89(94)82-80-78-76-74-72-70-68-66-64-62-60-58-56-54-52-50-48-46-43-41-39-37-35-33-31-29-27-25-23-21-19-17-15-13-11-9-7-2/h8,10,14,16,20,22,25-28,32,34,38,40,44-45,49,51,55,57,61,63,67,69,88,92H,6-7,9,11-13,15,17-19,21,23-24,29-31,33,35-37,39,41-43,46-48,50,52-54,56,58-60,62,64-66,68,70-87H2,1-5H3/p+1/b10-8-,16-14-,22-20-,27-25-,28-26-,34-32-,40-38-,45-44-,51-49-,57-55-,63-61-,69-67-. The molecular weight excluding hydrogens is 1250 g/mol. The zero-order chi connectivity index (χ0) is 73.2. The van der Waals surface area contributed by atoms with Crippen LogP contribution in [0.3, 0.4) is 0 Å². The number of quaternary nitrogens is 1. The second kappa shape index (κ2) is 80.8. The molecule has 0 aliphatic heterocycles. The summed E-state index contributed by atoms with van der Waals surface area (Å²) in [5, 5.41) is 9.78. The predicted molar refractivity (Wildman–Crippen MR) is 437 cm³/mol. The molecule has 578 valence electrons. The minimum Gasteiger partial charge on any atom is -0.477 e. The fourth-order valence-corrected chi connectivity index (χ4v) is 11.7. The molecule has 0 amide bonds. The molecule has 1 N–H and O–H groups in total. The van der Waals surface area contributed by atoms with Gasteiger partial charge in [0.1, 0.15) is 13.2 Å². The predicted octanol–water partition coefficient (Wildman–Crippen LogP) is 27.4. The number of unbranched alkanes of at least 4 members (excludes halogenated alkanes) is 38. The first-order valence-corrected chi connectivity index (χ1v) is 42.0. The van der Waals surface area contributed by atoms with Gasteiger partial charge in [-0.15, -0.1) is 0 Å². The molecule has 0 saturated carbocycles. The summed E-state index contributed by atoms with van der Waals surface area (Å²) in [6.07, 6.45) is 116. The van der Waals surface area contributed by atoms with Crippen molar-refractivity contribution in [3.63, 3.8) is 0 Å². The van der Waals surface area contributed by atoms with E-state index in [0.717, 1.165) is 122 Å². The van der Waals surface area contributed by atoms with E-state index in [4.69, 9.17) is 18.9 Å². The lowest BCUT2D eigenvalue weighted by Crippen LogP contribution is -2.40. The number of hydrogen-bond donors (Lipinski definition) is 1. The van der Waals surface area contributed by atoms with Crippen molar-refractivity contribution in [2.45, 2.75) is 373 Å². The number of carboxylic acid groups (broad SMARTS) is 1. The third-order valence-electron chi connectivity index (χ3n) is 18.1. The molecule has 0 bridgehead atoms. The monoisotopic (exact) mass is 1410 g/mol. The number of nitrogens with zero attached hydrogens (tertiary/aromatic N) is 1. The summed E-state index contributed by atoms with van der Waals surface area (Å²) in [5.41, 5.74) is 0. The van der Waals surface area contributed by atoms with Gasteiger partial charge in [0.25, 0.3) is 6.29 Å². The maximum Gasteiger partial charge on any atom is 0.361 e. The Hall–Kier alpha value is -4.83. The molecule has 0 heterocycles. The Morgan fingerprint density at radius 1 is 0.307 bits per heavy atom. The van der Waals surface area contributed by atoms with Crippen LogP contribution in [-0.2, 0) is 33.3 Å². The molecule has 0 aromatic carbocycles. The third-order valence-corrected chi connectivity index (χ3v) is 18.1. The van der Waals surface area contributed by atoms with Crippen LogP contribution in [0.2, 0.25) is 0 Å². The Morgan fingerprint density at radius 2 is 0.564 bits per heavy atom. The molecule has 101 heavy (non-hydrogen) atoms. The van der Waals surface area contributed by atoms with E-state index in [1.54, 1.807) is 0 Å². The van der Waals surface area contributed by atoms with Crippen LogP contribution in [0.5, 0.6) is 0 Å². The largest absolute Gasteiger partial charge is 0.477 e. The maximum atomic E-state index is 13.0. The van der Waals surface area contributed by atoms with Gasteiger partial charge in [-0.3, -0.25) is 9.59 Å². The van der Waals surface area contributed by atoms with E-state index < -0.39 is 24.3 Å². The van der Waals surface area contributed by atoms with Gasteiger partial charge in [0.05, 0.1) is 34.4 Å². The van der Waals surface area contributed by atoms with E-state index in [0.29, 0.717) is 23.9 Å². The topological polar surface area (TPSA) is 108 Å². The molecule has 0 aromatic heterocycles. The average molecular weight is 1410 g/mol. The number of carbonyl (C=O) groups excluding carboxylic acids is 2. The van der Waals surface area contributed by atoms with Crippen LogP contribution in [0.15, 0.2) is 146 Å². The van der Waals surface area contributed by atoms with Gasteiger partial charge in [0, 0.05) is 12.8 Å². The van der Waals surface area contributed by atoms with Crippen molar-refractivity contribution in [2.75, 3.05) is 47.5 Å². The summed E-state index contributed by atoms with van der Waals surface area (Å²) in [4.78, 5) is 37.8. The van der Waals surface area contributed by atoms with Gasteiger partial charge in [-0.25, -0.2) is 4.79 Å². The number of allylic oxidation sites excluding steroid dienone is 24. The molecular formula is C92H158NO8+. The normalized spacial score (nSPS) is 13.4. The molecule has 9 heteroatoms. The van der Waals surface area contributed by atoms with Crippen LogP contribution in [0.4, 0.5) is 0 Å². The highest BCUT2D eigenvalue weighted by molar-refractivity contribution is 5.71. The summed E-state index contributed by atoms with van der Waals surface area (Å²) < 4.78 is 23.0. The van der Waals surface area contributed by atoms with Gasteiger partial charge < -0.3 is 28.5 Å². The van der Waals surface area contributed by atoms with Gasteiger partial charge in [-0.2, -0.15) is 0 Å². The molecule has 2 unspecified atom stereocenters. The summed E-state index contributed by atoms with van der Waals surface area (Å²) in [7, 11) is 5.97. The molecule has 9 nitrogen and oxygen atoms in total. The minimum atomic E-state index is -1.53. The van der Waals surface area contributed by atoms with Gasteiger partial charge in [0.15, 0.2) is 6.10 Å². The lowest BCUT2D eigenvalue weighted by atomic mass is 10.0. The highest BCUT2D eigenvalue weighted by Crippen LogP contribution is 2.19. The SMILES string of the molecule is CC/C=C\C/C=C\C/C=C\C/C=C\C/C=C\C/C=C\C/C=C\C/C=C\C/C=C\C/C=C\C/C=C\CCCCCCCC(=O)OC(COC(=O)CCCCCCCCCCCCCCCCCCCCCCCCCCC/C=C\CCCCCCCCCC)COC(OCC[N+](C)(C)C)C(=O)O.